The monoisotopic (exact) mass is 273 g/mol. The number of rotatable bonds is 3. The van der Waals surface area contributed by atoms with Crippen molar-refractivity contribution in [3.8, 4) is 6.07 Å². The molecule has 1 atom stereocenters. The van der Waals surface area contributed by atoms with E-state index in [2.05, 4.69) is 86.7 Å². The number of hydrogen-bond donors (Lipinski definition) is 0. The molecule has 21 heavy (non-hydrogen) atoms. The van der Waals surface area contributed by atoms with Gasteiger partial charge in [0.2, 0.25) is 0 Å². The molecule has 0 amide bonds. The topological polar surface area (TPSA) is 23.8 Å². The molecule has 0 bridgehead atoms. The van der Waals surface area contributed by atoms with Crippen molar-refractivity contribution in [1.29, 1.82) is 5.26 Å². The summed E-state index contributed by atoms with van der Waals surface area (Å²) in [6, 6.07) is 23.4. The fraction of sp³-hybridized carbons (Fsp3) is 0.250. The lowest BCUT2D eigenvalue weighted by Crippen LogP contribution is -2.16. The molecule has 1 unspecified atom stereocenters. The van der Waals surface area contributed by atoms with E-state index < -0.39 is 0 Å². The molecule has 1 saturated carbocycles. The summed E-state index contributed by atoms with van der Waals surface area (Å²) in [5.74, 6) is 0.342. The summed E-state index contributed by atoms with van der Waals surface area (Å²) in [6.07, 6.45) is 3.69. The molecular formula is C20H19N. The fourth-order valence-electron chi connectivity index (χ4n) is 4.00. The van der Waals surface area contributed by atoms with Crippen LogP contribution in [0.3, 0.4) is 0 Å². The molecule has 2 aromatic rings. The first-order valence-electron chi connectivity index (χ1n) is 7.33. The van der Waals surface area contributed by atoms with E-state index in [-0.39, 0.29) is 10.8 Å². The summed E-state index contributed by atoms with van der Waals surface area (Å²) in [6.45, 7) is 4.58. The first-order chi connectivity index (χ1) is 10.2. The third-order valence-electron chi connectivity index (χ3n) is 5.00. The molecular weight excluding hydrogens is 254 g/mol. The van der Waals surface area contributed by atoms with Crippen LogP contribution >= 0.6 is 0 Å². The first-order valence-corrected chi connectivity index (χ1v) is 7.33. The van der Waals surface area contributed by atoms with Gasteiger partial charge in [-0.3, -0.25) is 0 Å². The van der Waals surface area contributed by atoms with Gasteiger partial charge in [-0.2, -0.15) is 5.26 Å². The van der Waals surface area contributed by atoms with Crippen molar-refractivity contribution in [3.05, 3.63) is 83.9 Å². The van der Waals surface area contributed by atoms with E-state index in [0.29, 0.717) is 5.92 Å². The van der Waals surface area contributed by atoms with Crippen molar-refractivity contribution in [2.24, 2.45) is 11.3 Å². The molecule has 1 nitrogen and oxygen atoms in total. The average molecular weight is 273 g/mol. The van der Waals surface area contributed by atoms with Crippen LogP contribution in [0.5, 0.6) is 0 Å². The van der Waals surface area contributed by atoms with Crippen molar-refractivity contribution < 1.29 is 0 Å². The zero-order valence-corrected chi connectivity index (χ0v) is 12.5. The standard InChI is InChI=1S/C20H19N/c1-19(2)18(14-9-15-21)20(19,16-10-5-3-6-11-16)17-12-7-4-8-13-17/h3-14,18H,1-2H3/b14-9-. The largest absolute Gasteiger partial charge is 0.193 e. The maximum absolute atomic E-state index is 8.89. The Morgan fingerprint density at radius 3 is 1.81 bits per heavy atom. The SMILES string of the molecule is CC1(C)C(/C=C\C#N)C1(c1ccccc1)c1ccccc1. The molecule has 0 aromatic heterocycles. The summed E-state index contributed by atoms with van der Waals surface area (Å²) in [7, 11) is 0. The van der Waals surface area contributed by atoms with Crippen LogP contribution in [0.25, 0.3) is 0 Å². The highest BCUT2D eigenvalue weighted by molar-refractivity contribution is 5.54. The van der Waals surface area contributed by atoms with Gasteiger partial charge in [0.05, 0.1) is 6.07 Å². The maximum Gasteiger partial charge on any atom is 0.0908 e. The van der Waals surface area contributed by atoms with E-state index in [1.165, 1.54) is 11.1 Å². The highest BCUT2D eigenvalue weighted by Gasteiger charge is 2.70. The van der Waals surface area contributed by atoms with Crippen molar-refractivity contribution in [3.63, 3.8) is 0 Å². The molecule has 3 rings (SSSR count). The minimum Gasteiger partial charge on any atom is -0.193 e. The second-order valence-electron chi connectivity index (χ2n) is 6.23. The maximum atomic E-state index is 8.89. The number of nitriles is 1. The van der Waals surface area contributed by atoms with Crippen molar-refractivity contribution in [2.45, 2.75) is 19.3 Å². The molecule has 0 radical (unpaired) electrons. The normalized spacial score (nSPS) is 21.9. The average Bonchev–Trinajstić information content (AvgIpc) is 3.03. The first kappa shape index (κ1) is 13.6. The fourth-order valence-corrected chi connectivity index (χ4v) is 4.00. The molecule has 1 heteroatoms. The quantitative estimate of drug-likeness (QED) is 0.743. The Morgan fingerprint density at radius 2 is 1.38 bits per heavy atom. The predicted octanol–water partition coefficient (Wildman–Crippen LogP) is 4.71. The lowest BCUT2D eigenvalue weighted by Gasteiger charge is -2.22. The van der Waals surface area contributed by atoms with Crippen molar-refractivity contribution >= 4 is 0 Å². The second kappa shape index (κ2) is 4.90. The van der Waals surface area contributed by atoms with Crippen LogP contribution in [0.1, 0.15) is 25.0 Å². The van der Waals surface area contributed by atoms with Gasteiger partial charge in [0.15, 0.2) is 0 Å². The van der Waals surface area contributed by atoms with Gasteiger partial charge < -0.3 is 0 Å². The predicted molar refractivity (Wildman–Crippen MR) is 85.7 cm³/mol. The minimum absolute atomic E-state index is 0.0388. The van der Waals surface area contributed by atoms with E-state index in [0.717, 1.165) is 0 Å². The molecule has 1 fully saturated rings. The minimum atomic E-state index is -0.0388. The van der Waals surface area contributed by atoms with Crippen LogP contribution in [0.2, 0.25) is 0 Å². The van der Waals surface area contributed by atoms with Gasteiger partial charge >= 0.3 is 0 Å². The number of hydrogen-bond acceptors (Lipinski definition) is 1. The third-order valence-corrected chi connectivity index (χ3v) is 5.00. The van der Waals surface area contributed by atoms with Crippen molar-refractivity contribution in [2.75, 3.05) is 0 Å². The molecule has 1 aliphatic carbocycles. The Labute approximate surface area is 126 Å². The van der Waals surface area contributed by atoms with Gasteiger partial charge in [-0.05, 0) is 22.5 Å². The number of nitrogens with zero attached hydrogens (tertiary/aromatic N) is 1. The van der Waals surface area contributed by atoms with Crippen LogP contribution in [0.4, 0.5) is 0 Å². The Balaban J connectivity index is 2.20. The lowest BCUT2D eigenvalue weighted by molar-refractivity contribution is 0.545. The van der Waals surface area contributed by atoms with E-state index in [1.54, 1.807) is 6.08 Å². The van der Waals surface area contributed by atoms with Crippen LogP contribution in [-0.4, -0.2) is 0 Å². The molecule has 0 spiro atoms. The summed E-state index contributed by atoms with van der Waals surface area (Å²) < 4.78 is 0. The molecule has 0 N–H and O–H groups in total. The molecule has 1 aliphatic rings. The second-order valence-corrected chi connectivity index (χ2v) is 6.23. The number of benzene rings is 2. The Kier molecular flexibility index (Phi) is 3.18. The number of allylic oxidation sites excluding steroid dienone is 2. The van der Waals surface area contributed by atoms with Gasteiger partial charge in [-0.1, -0.05) is 80.6 Å². The van der Waals surface area contributed by atoms with E-state index in [1.807, 2.05) is 0 Å². The molecule has 104 valence electrons. The zero-order valence-electron chi connectivity index (χ0n) is 12.5. The summed E-state index contributed by atoms with van der Waals surface area (Å²) in [4.78, 5) is 0. The van der Waals surface area contributed by atoms with Gasteiger partial charge in [-0.25, -0.2) is 0 Å². The van der Waals surface area contributed by atoms with Crippen LogP contribution in [-0.2, 0) is 5.41 Å². The van der Waals surface area contributed by atoms with E-state index in [9.17, 15) is 0 Å². The smallest absolute Gasteiger partial charge is 0.0908 e. The van der Waals surface area contributed by atoms with Gasteiger partial charge in [-0.15, -0.1) is 0 Å². The third kappa shape index (κ3) is 1.83. The zero-order chi connectivity index (χ0) is 14.9. The van der Waals surface area contributed by atoms with Crippen LogP contribution in [0, 0.1) is 22.7 Å². The van der Waals surface area contributed by atoms with E-state index in [4.69, 9.17) is 5.26 Å². The highest BCUT2D eigenvalue weighted by atomic mass is 14.7. The Hall–Kier alpha value is -2.33. The highest BCUT2D eigenvalue weighted by Crippen LogP contribution is 2.73. The van der Waals surface area contributed by atoms with E-state index >= 15 is 0 Å². The summed E-state index contributed by atoms with van der Waals surface area (Å²) in [5, 5.41) is 8.89. The molecule has 0 aliphatic heterocycles. The molecule has 2 aromatic carbocycles. The summed E-state index contributed by atoms with van der Waals surface area (Å²) >= 11 is 0. The van der Waals surface area contributed by atoms with Gasteiger partial charge in [0, 0.05) is 11.5 Å². The van der Waals surface area contributed by atoms with Crippen LogP contribution in [0.15, 0.2) is 72.8 Å². The van der Waals surface area contributed by atoms with Gasteiger partial charge in [0.1, 0.15) is 0 Å². The summed E-state index contributed by atoms with van der Waals surface area (Å²) in [5.41, 5.74) is 2.72. The van der Waals surface area contributed by atoms with Gasteiger partial charge in [0.25, 0.3) is 0 Å². The van der Waals surface area contributed by atoms with Crippen molar-refractivity contribution in [1.82, 2.24) is 0 Å². The lowest BCUT2D eigenvalue weighted by atomic mass is 9.81. The molecule has 0 heterocycles. The molecule has 0 saturated heterocycles. The Bertz CT molecular complexity index is 650. The Morgan fingerprint density at radius 1 is 0.905 bits per heavy atom. The van der Waals surface area contributed by atoms with Crippen LogP contribution < -0.4 is 0 Å².